The van der Waals surface area contributed by atoms with Gasteiger partial charge in [-0.3, -0.25) is 4.79 Å². The van der Waals surface area contributed by atoms with Crippen molar-refractivity contribution in [3.8, 4) is 5.88 Å². The number of halogens is 1. The van der Waals surface area contributed by atoms with Crippen LogP contribution in [-0.2, 0) is 0 Å². The maximum Gasteiger partial charge on any atom is 0.253 e. The van der Waals surface area contributed by atoms with Crippen LogP contribution in [0.3, 0.4) is 0 Å². The zero-order valence-electron chi connectivity index (χ0n) is 12.8. The highest BCUT2D eigenvalue weighted by Crippen LogP contribution is 2.23. The monoisotopic (exact) mass is 330 g/mol. The van der Waals surface area contributed by atoms with E-state index in [1.807, 2.05) is 35.2 Å². The highest BCUT2D eigenvalue weighted by molar-refractivity contribution is 6.31. The maximum atomic E-state index is 12.5. The summed E-state index contributed by atoms with van der Waals surface area (Å²) in [5.41, 5.74) is 0.738. The van der Waals surface area contributed by atoms with Crippen LogP contribution in [0.15, 0.2) is 48.7 Å². The summed E-state index contributed by atoms with van der Waals surface area (Å²) in [4.78, 5) is 18.6. The molecule has 4 nitrogen and oxygen atoms in total. The summed E-state index contributed by atoms with van der Waals surface area (Å²) in [6.07, 6.45) is 3.69. The van der Waals surface area contributed by atoms with Crippen molar-refractivity contribution in [2.45, 2.75) is 12.8 Å². The molecule has 3 rings (SSSR count). The third-order valence-electron chi connectivity index (χ3n) is 4.01. The Hall–Kier alpha value is -2.07. The van der Waals surface area contributed by atoms with Gasteiger partial charge in [0.1, 0.15) is 5.02 Å². The number of carbonyl (C=O) groups is 1. The van der Waals surface area contributed by atoms with Gasteiger partial charge in [0.2, 0.25) is 5.88 Å². The predicted molar refractivity (Wildman–Crippen MR) is 89.8 cm³/mol. The molecule has 1 saturated heterocycles. The third-order valence-corrected chi connectivity index (χ3v) is 4.30. The van der Waals surface area contributed by atoms with Crippen molar-refractivity contribution < 1.29 is 9.53 Å². The lowest BCUT2D eigenvalue weighted by Gasteiger charge is -2.32. The van der Waals surface area contributed by atoms with Crippen LogP contribution in [0.2, 0.25) is 5.02 Å². The van der Waals surface area contributed by atoms with Crippen molar-refractivity contribution in [1.29, 1.82) is 0 Å². The molecule has 1 atom stereocenters. The fourth-order valence-corrected chi connectivity index (χ4v) is 3.00. The van der Waals surface area contributed by atoms with Crippen molar-refractivity contribution in [1.82, 2.24) is 9.88 Å². The number of likely N-dealkylation sites (tertiary alicyclic amines) is 1. The van der Waals surface area contributed by atoms with Gasteiger partial charge in [0.15, 0.2) is 0 Å². The van der Waals surface area contributed by atoms with E-state index in [9.17, 15) is 4.79 Å². The normalized spacial score (nSPS) is 17.8. The number of nitrogens with zero attached hydrogens (tertiary/aromatic N) is 2. The Morgan fingerprint density at radius 1 is 1.26 bits per heavy atom. The molecule has 1 aliphatic rings. The average Bonchev–Trinajstić information content (AvgIpc) is 2.61. The van der Waals surface area contributed by atoms with Crippen molar-refractivity contribution in [3.63, 3.8) is 0 Å². The van der Waals surface area contributed by atoms with Gasteiger partial charge in [-0.05, 0) is 37.1 Å². The van der Waals surface area contributed by atoms with Crippen LogP contribution in [0.5, 0.6) is 5.88 Å². The van der Waals surface area contributed by atoms with E-state index in [1.165, 1.54) is 0 Å². The predicted octanol–water partition coefficient (Wildman–Crippen LogP) is 3.67. The van der Waals surface area contributed by atoms with E-state index in [1.54, 1.807) is 18.3 Å². The van der Waals surface area contributed by atoms with Crippen LogP contribution in [0.25, 0.3) is 0 Å². The lowest BCUT2D eigenvalue weighted by molar-refractivity contribution is 0.0631. The topological polar surface area (TPSA) is 42.4 Å². The van der Waals surface area contributed by atoms with Gasteiger partial charge in [0, 0.05) is 30.8 Å². The van der Waals surface area contributed by atoms with Gasteiger partial charge in [-0.1, -0.05) is 29.8 Å². The van der Waals surface area contributed by atoms with Crippen LogP contribution in [-0.4, -0.2) is 35.5 Å². The van der Waals surface area contributed by atoms with E-state index in [-0.39, 0.29) is 5.91 Å². The molecule has 1 unspecified atom stereocenters. The number of rotatable bonds is 4. The Labute approximate surface area is 141 Å². The first-order valence-electron chi connectivity index (χ1n) is 7.81. The molecule has 0 radical (unpaired) electrons. The molecule has 1 fully saturated rings. The SMILES string of the molecule is O=C(c1ccccc1)N1CCCC(COc2ncccc2Cl)C1. The lowest BCUT2D eigenvalue weighted by Crippen LogP contribution is -2.41. The Morgan fingerprint density at radius 3 is 2.87 bits per heavy atom. The van der Waals surface area contributed by atoms with Gasteiger partial charge in [-0.25, -0.2) is 4.98 Å². The quantitative estimate of drug-likeness (QED) is 0.859. The number of aromatic nitrogens is 1. The van der Waals surface area contributed by atoms with Crippen LogP contribution >= 0.6 is 11.6 Å². The highest BCUT2D eigenvalue weighted by atomic mass is 35.5. The molecular formula is C18H19ClN2O2. The first kappa shape index (κ1) is 15.8. The molecule has 0 saturated carbocycles. The number of carbonyl (C=O) groups excluding carboxylic acids is 1. The zero-order chi connectivity index (χ0) is 16.1. The van der Waals surface area contributed by atoms with Gasteiger partial charge in [-0.15, -0.1) is 0 Å². The number of benzene rings is 1. The number of ether oxygens (including phenoxy) is 1. The molecule has 2 heterocycles. The molecule has 1 amide bonds. The fourth-order valence-electron chi connectivity index (χ4n) is 2.82. The number of amides is 1. The standard InChI is InChI=1S/C18H19ClN2O2/c19-16-9-4-10-20-17(16)23-13-14-6-5-11-21(12-14)18(22)15-7-2-1-3-8-15/h1-4,7-10,14H,5-6,11-13H2. The van der Waals surface area contributed by atoms with Gasteiger partial charge < -0.3 is 9.64 Å². The molecule has 23 heavy (non-hydrogen) atoms. The molecule has 0 N–H and O–H groups in total. The zero-order valence-corrected chi connectivity index (χ0v) is 13.6. The number of hydrogen-bond acceptors (Lipinski definition) is 3. The summed E-state index contributed by atoms with van der Waals surface area (Å²) in [7, 11) is 0. The first-order valence-corrected chi connectivity index (χ1v) is 8.19. The minimum Gasteiger partial charge on any atom is -0.476 e. The molecule has 1 aromatic carbocycles. The van der Waals surface area contributed by atoms with E-state index < -0.39 is 0 Å². The van der Waals surface area contributed by atoms with E-state index >= 15 is 0 Å². The molecule has 1 aliphatic heterocycles. The first-order chi connectivity index (χ1) is 11.2. The second-order valence-electron chi connectivity index (χ2n) is 5.73. The summed E-state index contributed by atoms with van der Waals surface area (Å²) < 4.78 is 5.73. The molecule has 0 aliphatic carbocycles. The fraction of sp³-hybridized carbons (Fsp3) is 0.333. The molecule has 1 aromatic heterocycles. The molecule has 2 aromatic rings. The number of piperidine rings is 1. The molecular weight excluding hydrogens is 312 g/mol. The summed E-state index contributed by atoms with van der Waals surface area (Å²) in [5, 5.41) is 0.514. The van der Waals surface area contributed by atoms with Crippen molar-refractivity contribution in [3.05, 3.63) is 59.2 Å². The van der Waals surface area contributed by atoms with Crippen LogP contribution in [0.1, 0.15) is 23.2 Å². The summed E-state index contributed by atoms with van der Waals surface area (Å²) in [6, 6.07) is 12.9. The Balaban J connectivity index is 1.58. The third kappa shape index (κ3) is 4.02. The second-order valence-corrected chi connectivity index (χ2v) is 6.13. The average molecular weight is 331 g/mol. The Bertz CT molecular complexity index is 663. The minimum absolute atomic E-state index is 0.0890. The summed E-state index contributed by atoms with van der Waals surface area (Å²) in [5.74, 6) is 0.848. The maximum absolute atomic E-state index is 12.5. The van der Waals surface area contributed by atoms with Gasteiger partial charge >= 0.3 is 0 Å². The molecule has 0 bridgehead atoms. The van der Waals surface area contributed by atoms with Gasteiger partial charge in [0.25, 0.3) is 5.91 Å². The minimum atomic E-state index is 0.0890. The van der Waals surface area contributed by atoms with E-state index in [0.29, 0.717) is 30.0 Å². The van der Waals surface area contributed by atoms with Gasteiger partial charge in [0.05, 0.1) is 6.61 Å². The highest BCUT2D eigenvalue weighted by Gasteiger charge is 2.25. The molecule has 5 heteroatoms. The number of pyridine rings is 1. The van der Waals surface area contributed by atoms with E-state index in [0.717, 1.165) is 24.9 Å². The van der Waals surface area contributed by atoms with Crippen LogP contribution in [0, 0.1) is 5.92 Å². The second kappa shape index (κ2) is 7.47. The lowest BCUT2D eigenvalue weighted by atomic mass is 9.98. The van der Waals surface area contributed by atoms with E-state index in [4.69, 9.17) is 16.3 Å². The summed E-state index contributed by atoms with van der Waals surface area (Å²) >= 11 is 6.05. The van der Waals surface area contributed by atoms with E-state index in [2.05, 4.69) is 4.98 Å². The Morgan fingerprint density at radius 2 is 2.09 bits per heavy atom. The van der Waals surface area contributed by atoms with Crippen molar-refractivity contribution >= 4 is 17.5 Å². The molecule has 0 spiro atoms. The van der Waals surface area contributed by atoms with Gasteiger partial charge in [-0.2, -0.15) is 0 Å². The Kier molecular flexibility index (Phi) is 5.13. The van der Waals surface area contributed by atoms with Crippen molar-refractivity contribution in [2.75, 3.05) is 19.7 Å². The largest absolute Gasteiger partial charge is 0.476 e. The van der Waals surface area contributed by atoms with Crippen LogP contribution in [0.4, 0.5) is 0 Å². The smallest absolute Gasteiger partial charge is 0.253 e. The summed E-state index contributed by atoms with van der Waals surface area (Å²) in [6.45, 7) is 2.03. The van der Waals surface area contributed by atoms with Crippen molar-refractivity contribution in [2.24, 2.45) is 5.92 Å². The number of hydrogen-bond donors (Lipinski definition) is 0. The molecule has 120 valence electrons. The van der Waals surface area contributed by atoms with Crippen LogP contribution < -0.4 is 4.74 Å².